The van der Waals surface area contributed by atoms with Gasteiger partial charge in [0.25, 0.3) is 0 Å². The fourth-order valence-electron chi connectivity index (χ4n) is 2.71. The third kappa shape index (κ3) is 6.05. The summed E-state index contributed by atoms with van der Waals surface area (Å²) in [5.41, 5.74) is 0. The fraction of sp³-hybridized carbons (Fsp3) is 0.929. The lowest BCUT2D eigenvalue weighted by Gasteiger charge is -2.28. The summed E-state index contributed by atoms with van der Waals surface area (Å²) in [4.78, 5) is 13.9. The molecule has 1 amide bonds. The fourth-order valence-corrected chi connectivity index (χ4v) is 2.71. The van der Waals surface area contributed by atoms with Gasteiger partial charge in [0.05, 0.1) is 0 Å². The number of hydrogen-bond donors (Lipinski definition) is 1. The van der Waals surface area contributed by atoms with E-state index in [1.54, 1.807) is 0 Å². The van der Waals surface area contributed by atoms with Gasteiger partial charge in [-0.2, -0.15) is 0 Å². The molecule has 4 heteroatoms. The Balaban J connectivity index is 0.00000289. The van der Waals surface area contributed by atoms with Gasteiger partial charge in [0.2, 0.25) is 5.91 Å². The molecule has 1 N–H and O–H groups in total. The second-order valence-corrected chi connectivity index (χ2v) is 5.50. The number of carbonyl (C=O) groups is 1. The predicted molar refractivity (Wildman–Crippen MR) is 79.2 cm³/mol. The summed E-state index contributed by atoms with van der Waals surface area (Å²) in [6, 6.07) is 0. The maximum absolute atomic E-state index is 12.0. The largest absolute Gasteiger partial charge is 0.344 e. The SMILES string of the molecule is CNCCN(C)C(=O)CC(C)C1CCCCC1.Cl. The van der Waals surface area contributed by atoms with E-state index in [2.05, 4.69) is 12.2 Å². The number of rotatable bonds is 6. The van der Waals surface area contributed by atoms with E-state index in [0.717, 1.165) is 25.4 Å². The molecule has 0 saturated heterocycles. The van der Waals surface area contributed by atoms with E-state index in [4.69, 9.17) is 0 Å². The van der Waals surface area contributed by atoms with Crippen LogP contribution in [0.3, 0.4) is 0 Å². The maximum Gasteiger partial charge on any atom is 0.222 e. The van der Waals surface area contributed by atoms with E-state index >= 15 is 0 Å². The third-order valence-corrected chi connectivity index (χ3v) is 4.07. The van der Waals surface area contributed by atoms with Crippen LogP contribution >= 0.6 is 12.4 Å². The van der Waals surface area contributed by atoms with Crippen LogP contribution in [-0.4, -0.2) is 38.0 Å². The van der Waals surface area contributed by atoms with Crippen molar-refractivity contribution in [2.24, 2.45) is 11.8 Å². The molecule has 1 saturated carbocycles. The summed E-state index contributed by atoms with van der Waals surface area (Å²) >= 11 is 0. The Hall–Kier alpha value is -0.280. The summed E-state index contributed by atoms with van der Waals surface area (Å²) in [7, 11) is 3.83. The molecule has 1 rings (SSSR count). The number of likely N-dealkylation sites (N-methyl/N-ethyl adjacent to an activating group) is 2. The predicted octanol–water partition coefficient (Wildman–Crippen LogP) is 2.69. The zero-order valence-electron chi connectivity index (χ0n) is 12.1. The van der Waals surface area contributed by atoms with Gasteiger partial charge in [0.15, 0.2) is 0 Å². The van der Waals surface area contributed by atoms with Crippen molar-refractivity contribution in [2.45, 2.75) is 45.4 Å². The quantitative estimate of drug-likeness (QED) is 0.809. The second kappa shape index (κ2) is 9.62. The molecule has 0 bridgehead atoms. The standard InChI is InChI=1S/C14H28N2O.ClH/c1-12(13-7-5-4-6-8-13)11-14(17)16(3)10-9-15-2;/h12-13,15H,4-11H2,1-3H3;1H. The Morgan fingerprint density at radius 1 is 1.33 bits per heavy atom. The van der Waals surface area contributed by atoms with Gasteiger partial charge in [-0.1, -0.05) is 39.0 Å². The molecule has 1 aliphatic carbocycles. The smallest absolute Gasteiger partial charge is 0.222 e. The molecule has 0 heterocycles. The first-order chi connectivity index (χ1) is 8.15. The lowest BCUT2D eigenvalue weighted by molar-refractivity contribution is -0.131. The molecule has 18 heavy (non-hydrogen) atoms. The zero-order valence-corrected chi connectivity index (χ0v) is 12.9. The van der Waals surface area contributed by atoms with Gasteiger partial charge in [0.1, 0.15) is 0 Å². The first kappa shape index (κ1) is 17.7. The van der Waals surface area contributed by atoms with Gasteiger partial charge in [-0.3, -0.25) is 4.79 Å². The average Bonchev–Trinajstić information content (AvgIpc) is 2.36. The molecule has 0 aliphatic heterocycles. The summed E-state index contributed by atoms with van der Waals surface area (Å²) in [5, 5.41) is 3.08. The number of hydrogen-bond acceptors (Lipinski definition) is 2. The van der Waals surface area contributed by atoms with Crippen LogP contribution in [0.2, 0.25) is 0 Å². The van der Waals surface area contributed by atoms with E-state index in [0.29, 0.717) is 11.8 Å². The highest BCUT2D eigenvalue weighted by Crippen LogP contribution is 2.31. The van der Waals surface area contributed by atoms with Gasteiger partial charge in [-0.05, 0) is 18.9 Å². The molecule has 0 aromatic carbocycles. The summed E-state index contributed by atoms with van der Waals surface area (Å²) in [5.74, 6) is 1.64. The van der Waals surface area contributed by atoms with Crippen molar-refractivity contribution in [3.63, 3.8) is 0 Å². The lowest BCUT2D eigenvalue weighted by Crippen LogP contribution is -2.34. The molecular weight excluding hydrogens is 248 g/mol. The lowest BCUT2D eigenvalue weighted by atomic mass is 9.79. The van der Waals surface area contributed by atoms with E-state index in [1.165, 1.54) is 32.1 Å². The summed E-state index contributed by atoms with van der Waals surface area (Å²) in [6.45, 7) is 3.94. The topological polar surface area (TPSA) is 32.3 Å². The molecule has 1 unspecified atom stereocenters. The molecule has 0 spiro atoms. The van der Waals surface area contributed by atoms with E-state index in [-0.39, 0.29) is 12.4 Å². The highest BCUT2D eigenvalue weighted by molar-refractivity contribution is 5.85. The molecule has 0 aromatic heterocycles. The Labute approximate surface area is 118 Å². The summed E-state index contributed by atoms with van der Waals surface area (Å²) in [6.07, 6.45) is 7.49. The minimum absolute atomic E-state index is 0. The van der Waals surface area contributed by atoms with Crippen molar-refractivity contribution in [3.8, 4) is 0 Å². The average molecular weight is 277 g/mol. The van der Waals surface area contributed by atoms with Crippen LogP contribution in [0, 0.1) is 11.8 Å². The van der Waals surface area contributed by atoms with Gasteiger partial charge in [-0.15, -0.1) is 12.4 Å². The molecule has 3 nitrogen and oxygen atoms in total. The van der Waals surface area contributed by atoms with Crippen molar-refractivity contribution < 1.29 is 4.79 Å². The Morgan fingerprint density at radius 3 is 2.50 bits per heavy atom. The Morgan fingerprint density at radius 2 is 1.94 bits per heavy atom. The van der Waals surface area contributed by atoms with Crippen molar-refractivity contribution in [3.05, 3.63) is 0 Å². The van der Waals surface area contributed by atoms with Crippen LogP contribution in [-0.2, 0) is 4.79 Å². The van der Waals surface area contributed by atoms with E-state index in [1.807, 2.05) is 19.0 Å². The van der Waals surface area contributed by atoms with E-state index in [9.17, 15) is 4.79 Å². The minimum Gasteiger partial charge on any atom is -0.344 e. The van der Waals surface area contributed by atoms with Crippen LogP contribution in [0.25, 0.3) is 0 Å². The number of carbonyl (C=O) groups excluding carboxylic acids is 1. The molecule has 108 valence electrons. The van der Waals surface area contributed by atoms with Crippen molar-refractivity contribution in [2.75, 3.05) is 27.2 Å². The molecule has 1 aliphatic rings. The molecular formula is C14H29ClN2O. The molecule has 1 atom stereocenters. The van der Waals surface area contributed by atoms with E-state index < -0.39 is 0 Å². The van der Waals surface area contributed by atoms with Crippen LogP contribution < -0.4 is 5.32 Å². The monoisotopic (exact) mass is 276 g/mol. The highest BCUT2D eigenvalue weighted by atomic mass is 35.5. The van der Waals surface area contributed by atoms with Gasteiger partial charge < -0.3 is 10.2 Å². The Bertz CT molecular complexity index is 230. The Kier molecular flexibility index (Phi) is 9.47. The molecule has 0 aromatic rings. The zero-order chi connectivity index (χ0) is 12.7. The third-order valence-electron chi connectivity index (χ3n) is 4.07. The van der Waals surface area contributed by atoms with Crippen molar-refractivity contribution in [1.29, 1.82) is 0 Å². The minimum atomic E-state index is 0. The van der Waals surface area contributed by atoms with Gasteiger partial charge in [-0.25, -0.2) is 0 Å². The summed E-state index contributed by atoms with van der Waals surface area (Å²) < 4.78 is 0. The normalized spacial score (nSPS) is 17.9. The molecule has 1 fully saturated rings. The maximum atomic E-state index is 12.0. The first-order valence-electron chi connectivity index (χ1n) is 7.03. The van der Waals surface area contributed by atoms with Crippen molar-refractivity contribution in [1.82, 2.24) is 10.2 Å². The number of amides is 1. The van der Waals surface area contributed by atoms with Gasteiger partial charge in [0, 0.05) is 26.6 Å². The van der Waals surface area contributed by atoms with Crippen molar-refractivity contribution >= 4 is 18.3 Å². The number of nitrogens with one attached hydrogen (secondary N) is 1. The highest BCUT2D eigenvalue weighted by Gasteiger charge is 2.23. The van der Waals surface area contributed by atoms with Gasteiger partial charge >= 0.3 is 0 Å². The van der Waals surface area contributed by atoms with Crippen LogP contribution in [0.4, 0.5) is 0 Å². The number of nitrogens with zero attached hydrogens (tertiary/aromatic N) is 1. The van der Waals surface area contributed by atoms with Crippen LogP contribution in [0.5, 0.6) is 0 Å². The molecule has 0 radical (unpaired) electrons. The van der Waals surface area contributed by atoms with Crippen LogP contribution in [0.15, 0.2) is 0 Å². The van der Waals surface area contributed by atoms with Crippen LogP contribution in [0.1, 0.15) is 45.4 Å². The first-order valence-corrected chi connectivity index (χ1v) is 7.03. The second-order valence-electron chi connectivity index (χ2n) is 5.50. The number of halogens is 1.